The molecule has 0 amide bonds. The third-order valence-corrected chi connectivity index (χ3v) is 3.18. The summed E-state index contributed by atoms with van der Waals surface area (Å²) in [5.74, 6) is 1.92. The van der Waals surface area contributed by atoms with Crippen molar-refractivity contribution in [1.29, 1.82) is 0 Å². The van der Waals surface area contributed by atoms with Gasteiger partial charge in [-0.05, 0) is 38.3 Å². The molecule has 1 atom stereocenters. The number of hydrogen-bond acceptors (Lipinski definition) is 5. The monoisotopic (exact) mass is 283 g/mol. The highest BCUT2D eigenvalue weighted by atomic mass is 16.5. The fourth-order valence-corrected chi connectivity index (χ4v) is 1.84. The van der Waals surface area contributed by atoms with E-state index >= 15 is 0 Å². The Morgan fingerprint density at radius 3 is 2.25 bits per heavy atom. The fourth-order valence-electron chi connectivity index (χ4n) is 1.84. The maximum atomic E-state index is 9.80. The highest BCUT2D eigenvalue weighted by Crippen LogP contribution is 2.36. The Labute approximate surface area is 120 Å². The number of methoxy groups -OCH3 is 2. The van der Waals surface area contributed by atoms with Gasteiger partial charge in [0.25, 0.3) is 0 Å². The number of rotatable bonds is 9. The molecule has 1 unspecified atom stereocenters. The van der Waals surface area contributed by atoms with Gasteiger partial charge in [-0.25, -0.2) is 0 Å². The molecular weight excluding hydrogens is 258 g/mol. The molecule has 5 heteroatoms. The van der Waals surface area contributed by atoms with Crippen LogP contribution in [0.5, 0.6) is 17.2 Å². The highest BCUT2D eigenvalue weighted by Gasteiger charge is 2.17. The van der Waals surface area contributed by atoms with Crippen molar-refractivity contribution in [2.24, 2.45) is 5.73 Å². The number of benzene rings is 1. The van der Waals surface area contributed by atoms with Gasteiger partial charge in [0.2, 0.25) is 5.75 Å². The van der Waals surface area contributed by atoms with E-state index < -0.39 is 5.60 Å². The van der Waals surface area contributed by atoms with Crippen LogP contribution in [-0.4, -0.2) is 38.1 Å². The zero-order valence-corrected chi connectivity index (χ0v) is 12.5. The molecule has 0 heterocycles. The number of ether oxygens (including phenoxy) is 3. The maximum absolute atomic E-state index is 9.80. The Hall–Kier alpha value is -1.46. The van der Waals surface area contributed by atoms with Crippen LogP contribution in [-0.2, 0) is 0 Å². The van der Waals surface area contributed by atoms with Gasteiger partial charge in [-0.15, -0.1) is 0 Å². The summed E-state index contributed by atoms with van der Waals surface area (Å²) in [6, 6.07) is 5.51. The van der Waals surface area contributed by atoms with E-state index in [1.54, 1.807) is 21.1 Å². The van der Waals surface area contributed by atoms with Crippen LogP contribution in [0.3, 0.4) is 0 Å². The second-order valence-corrected chi connectivity index (χ2v) is 5.00. The first-order valence-electron chi connectivity index (χ1n) is 6.80. The molecule has 0 saturated carbocycles. The SMILES string of the molecule is COc1cccc(OC)c1OCCCCC(C)(O)CN. The summed E-state index contributed by atoms with van der Waals surface area (Å²) in [5.41, 5.74) is 4.68. The van der Waals surface area contributed by atoms with E-state index in [0.29, 0.717) is 30.3 Å². The molecule has 0 bridgehead atoms. The van der Waals surface area contributed by atoms with E-state index in [1.807, 2.05) is 18.2 Å². The van der Waals surface area contributed by atoms with Gasteiger partial charge in [-0.1, -0.05) is 6.07 Å². The second-order valence-electron chi connectivity index (χ2n) is 5.00. The lowest BCUT2D eigenvalue weighted by molar-refractivity contribution is 0.0561. The minimum atomic E-state index is -0.790. The van der Waals surface area contributed by atoms with Crippen molar-refractivity contribution in [3.63, 3.8) is 0 Å². The molecule has 3 N–H and O–H groups in total. The number of hydrogen-bond donors (Lipinski definition) is 2. The van der Waals surface area contributed by atoms with Gasteiger partial charge < -0.3 is 25.1 Å². The Morgan fingerprint density at radius 1 is 1.15 bits per heavy atom. The molecule has 1 rings (SSSR count). The lowest BCUT2D eigenvalue weighted by Gasteiger charge is -2.20. The van der Waals surface area contributed by atoms with Crippen LogP contribution in [0.15, 0.2) is 18.2 Å². The first-order valence-corrected chi connectivity index (χ1v) is 6.80. The Balaban J connectivity index is 2.46. The van der Waals surface area contributed by atoms with Crippen LogP contribution >= 0.6 is 0 Å². The zero-order chi connectivity index (χ0) is 15.0. The molecule has 1 aromatic rings. The number of nitrogens with two attached hydrogens (primary N) is 1. The van der Waals surface area contributed by atoms with Crippen LogP contribution in [0.1, 0.15) is 26.2 Å². The van der Waals surface area contributed by atoms with Crippen molar-refractivity contribution in [3.05, 3.63) is 18.2 Å². The molecule has 0 aliphatic carbocycles. The predicted molar refractivity (Wildman–Crippen MR) is 78.6 cm³/mol. The predicted octanol–water partition coefficient (Wildman–Crippen LogP) is 1.96. The van der Waals surface area contributed by atoms with Gasteiger partial charge in [0, 0.05) is 6.54 Å². The van der Waals surface area contributed by atoms with Gasteiger partial charge in [0.1, 0.15) is 0 Å². The average Bonchev–Trinajstić information content (AvgIpc) is 2.46. The molecule has 20 heavy (non-hydrogen) atoms. The quantitative estimate of drug-likeness (QED) is 0.678. The molecule has 0 spiro atoms. The minimum Gasteiger partial charge on any atom is -0.493 e. The lowest BCUT2D eigenvalue weighted by Crippen LogP contribution is -2.33. The van der Waals surface area contributed by atoms with E-state index in [2.05, 4.69) is 0 Å². The van der Waals surface area contributed by atoms with E-state index in [-0.39, 0.29) is 6.54 Å². The Bertz CT molecular complexity index is 385. The molecule has 0 saturated heterocycles. The molecule has 0 aliphatic heterocycles. The van der Waals surface area contributed by atoms with E-state index in [1.165, 1.54) is 0 Å². The summed E-state index contributed by atoms with van der Waals surface area (Å²) in [6.07, 6.45) is 2.34. The summed E-state index contributed by atoms with van der Waals surface area (Å²) in [6.45, 7) is 2.56. The van der Waals surface area contributed by atoms with E-state index in [9.17, 15) is 5.11 Å². The van der Waals surface area contributed by atoms with Gasteiger partial charge in [-0.3, -0.25) is 0 Å². The largest absolute Gasteiger partial charge is 0.493 e. The van der Waals surface area contributed by atoms with Crippen LogP contribution in [0.4, 0.5) is 0 Å². The molecule has 0 aliphatic rings. The number of unbranched alkanes of at least 4 members (excludes halogenated alkanes) is 1. The standard InChI is InChI=1S/C15H25NO4/c1-15(17,11-16)9-4-5-10-20-14-12(18-2)7-6-8-13(14)19-3/h6-8,17H,4-5,9-11,16H2,1-3H3. The Morgan fingerprint density at radius 2 is 1.75 bits per heavy atom. The minimum absolute atomic E-state index is 0.272. The molecule has 5 nitrogen and oxygen atoms in total. The van der Waals surface area contributed by atoms with Crippen LogP contribution in [0.2, 0.25) is 0 Å². The molecule has 0 radical (unpaired) electrons. The van der Waals surface area contributed by atoms with Gasteiger partial charge in [-0.2, -0.15) is 0 Å². The maximum Gasteiger partial charge on any atom is 0.203 e. The van der Waals surface area contributed by atoms with Crippen molar-refractivity contribution >= 4 is 0 Å². The lowest BCUT2D eigenvalue weighted by atomic mass is 10.00. The van der Waals surface area contributed by atoms with Crippen molar-refractivity contribution in [2.75, 3.05) is 27.4 Å². The van der Waals surface area contributed by atoms with E-state index in [4.69, 9.17) is 19.9 Å². The van der Waals surface area contributed by atoms with Crippen molar-refractivity contribution in [3.8, 4) is 17.2 Å². The van der Waals surface area contributed by atoms with E-state index in [0.717, 1.165) is 12.8 Å². The zero-order valence-electron chi connectivity index (χ0n) is 12.5. The van der Waals surface area contributed by atoms with Crippen LogP contribution in [0, 0.1) is 0 Å². The molecular formula is C15H25NO4. The normalized spacial score (nSPS) is 13.7. The summed E-state index contributed by atoms with van der Waals surface area (Å²) >= 11 is 0. The smallest absolute Gasteiger partial charge is 0.203 e. The van der Waals surface area contributed by atoms with Crippen molar-refractivity contribution in [1.82, 2.24) is 0 Å². The summed E-state index contributed by atoms with van der Waals surface area (Å²) < 4.78 is 16.2. The fraction of sp³-hybridized carbons (Fsp3) is 0.600. The van der Waals surface area contributed by atoms with Crippen molar-refractivity contribution in [2.45, 2.75) is 31.8 Å². The first-order chi connectivity index (χ1) is 9.54. The number of aliphatic hydroxyl groups is 1. The van der Waals surface area contributed by atoms with Crippen LogP contribution in [0.25, 0.3) is 0 Å². The molecule has 0 fully saturated rings. The molecule has 114 valence electrons. The summed E-state index contributed by atoms with van der Waals surface area (Å²) in [7, 11) is 3.19. The third-order valence-electron chi connectivity index (χ3n) is 3.18. The van der Waals surface area contributed by atoms with Gasteiger partial charge in [0.05, 0.1) is 26.4 Å². The third kappa shape index (κ3) is 4.90. The van der Waals surface area contributed by atoms with Crippen LogP contribution < -0.4 is 19.9 Å². The summed E-state index contributed by atoms with van der Waals surface area (Å²) in [5, 5.41) is 9.80. The van der Waals surface area contributed by atoms with Crippen molar-refractivity contribution < 1.29 is 19.3 Å². The highest BCUT2D eigenvalue weighted by molar-refractivity contribution is 5.51. The number of para-hydroxylation sites is 1. The Kier molecular flexibility index (Phi) is 6.61. The van der Waals surface area contributed by atoms with Gasteiger partial charge in [0.15, 0.2) is 11.5 Å². The topological polar surface area (TPSA) is 73.9 Å². The first kappa shape index (κ1) is 16.6. The second kappa shape index (κ2) is 7.97. The average molecular weight is 283 g/mol. The summed E-state index contributed by atoms with van der Waals surface area (Å²) in [4.78, 5) is 0. The van der Waals surface area contributed by atoms with Gasteiger partial charge >= 0.3 is 0 Å². The molecule has 1 aromatic carbocycles. The molecule has 0 aromatic heterocycles.